The fourth-order valence-corrected chi connectivity index (χ4v) is 3.93. The molecule has 2 heterocycles. The van der Waals surface area contributed by atoms with Crippen molar-refractivity contribution in [1.82, 2.24) is 20.4 Å². The number of esters is 1. The second kappa shape index (κ2) is 9.86. The van der Waals surface area contributed by atoms with Crippen molar-refractivity contribution in [1.29, 1.82) is 0 Å². The first kappa shape index (κ1) is 23.3. The number of aryl methyl sites for hydroxylation is 1. The zero-order valence-corrected chi connectivity index (χ0v) is 19.0. The number of nitrogens with one attached hydrogen (secondary N) is 2. The molecule has 0 saturated carbocycles. The van der Waals surface area contributed by atoms with Gasteiger partial charge in [0.05, 0.1) is 0 Å². The van der Waals surface area contributed by atoms with E-state index < -0.39 is 35.9 Å². The molecule has 1 aromatic heterocycles. The molecule has 0 radical (unpaired) electrons. The molecule has 0 unspecified atom stereocenters. The number of anilines is 1. The Hall–Kier alpha value is -3.34. The van der Waals surface area contributed by atoms with Crippen molar-refractivity contribution >= 4 is 40.8 Å². The summed E-state index contributed by atoms with van der Waals surface area (Å²) in [5.41, 5.74) is 0.820. The zero-order chi connectivity index (χ0) is 23.3. The molecular formula is C21H25N5O5S. The summed E-state index contributed by atoms with van der Waals surface area (Å²) in [7, 11) is 0. The molecule has 1 fully saturated rings. The number of imide groups is 1. The average molecular weight is 460 g/mol. The Morgan fingerprint density at radius 1 is 1.12 bits per heavy atom. The van der Waals surface area contributed by atoms with E-state index in [0.29, 0.717) is 23.5 Å². The molecule has 2 N–H and O–H groups in total. The zero-order valence-electron chi connectivity index (χ0n) is 18.1. The summed E-state index contributed by atoms with van der Waals surface area (Å²) in [5, 5.41) is 13.5. The summed E-state index contributed by atoms with van der Waals surface area (Å²) in [6, 6.07) is 6.86. The highest BCUT2D eigenvalue weighted by Crippen LogP contribution is 2.24. The lowest BCUT2D eigenvalue weighted by molar-refractivity contribution is -0.148. The standard InChI is InChI=1S/C21H25N5O5S/c1-4-13-7-9-14(10-8-13)22-17(28)18-25-24-15(32-18)12-31-16(27)11-26-19(29)21(5-2,6-3)23-20(26)30/h7-10H,4-6,11-12H2,1-3H3,(H,22,28)(H,23,30). The molecule has 10 nitrogen and oxygen atoms in total. The predicted octanol–water partition coefficient (Wildman–Crippen LogP) is 2.51. The Balaban J connectivity index is 1.52. The summed E-state index contributed by atoms with van der Waals surface area (Å²) < 4.78 is 5.12. The SMILES string of the molecule is CCc1ccc(NC(=O)c2nnc(COC(=O)CN3C(=O)NC(CC)(CC)C3=O)s2)cc1. The third-order valence-corrected chi connectivity index (χ3v) is 6.27. The van der Waals surface area contributed by atoms with E-state index in [1.54, 1.807) is 13.8 Å². The summed E-state index contributed by atoms with van der Waals surface area (Å²) in [4.78, 5) is 50.0. The lowest BCUT2D eigenvalue weighted by Crippen LogP contribution is -2.46. The summed E-state index contributed by atoms with van der Waals surface area (Å²) in [6.45, 7) is 4.93. The Morgan fingerprint density at radius 2 is 1.81 bits per heavy atom. The number of urea groups is 1. The molecule has 4 amide bonds. The van der Waals surface area contributed by atoms with E-state index >= 15 is 0 Å². The predicted molar refractivity (Wildman–Crippen MR) is 117 cm³/mol. The van der Waals surface area contributed by atoms with Crippen LogP contribution in [-0.2, 0) is 27.4 Å². The number of benzene rings is 1. The Morgan fingerprint density at radius 3 is 2.41 bits per heavy atom. The van der Waals surface area contributed by atoms with Gasteiger partial charge in [0.1, 0.15) is 18.7 Å². The van der Waals surface area contributed by atoms with Crippen LogP contribution in [0.2, 0.25) is 0 Å². The van der Waals surface area contributed by atoms with E-state index in [1.165, 1.54) is 0 Å². The van der Waals surface area contributed by atoms with Gasteiger partial charge in [0.25, 0.3) is 11.8 Å². The second-order valence-electron chi connectivity index (χ2n) is 7.28. The molecule has 2 aromatic rings. The summed E-state index contributed by atoms with van der Waals surface area (Å²) >= 11 is 0.989. The number of aromatic nitrogens is 2. The number of amides is 4. The van der Waals surface area contributed by atoms with Gasteiger partial charge in [0.2, 0.25) is 5.01 Å². The van der Waals surface area contributed by atoms with Gasteiger partial charge in [-0.2, -0.15) is 0 Å². The van der Waals surface area contributed by atoms with E-state index in [-0.39, 0.29) is 11.6 Å². The first-order valence-corrected chi connectivity index (χ1v) is 11.2. The van der Waals surface area contributed by atoms with Crippen LogP contribution in [0.5, 0.6) is 0 Å². The van der Waals surface area contributed by atoms with E-state index in [1.807, 2.05) is 31.2 Å². The lowest BCUT2D eigenvalue weighted by atomic mass is 9.93. The van der Waals surface area contributed by atoms with Crippen LogP contribution in [0.25, 0.3) is 0 Å². The van der Waals surface area contributed by atoms with Crippen LogP contribution in [-0.4, -0.2) is 51.0 Å². The topological polar surface area (TPSA) is 131 Å². The van der Waals surface area contributed by atoms with Crippen molar-refractivity contribution in [3.63, 3.8) is 0 Å². The first-order valence-electron chi connectivity index (χ1n) is 10.3. The average Bonchev–Trinajstić information content (AvgIpc) is 3.37. The van der Waals surface area contributed by atoms with Crippen LogP contribution < -0.4 is 10.6 Å². The van der Waals surface area contributed by atoms with Crippen molar-refractivity contribution in [3.8, 4) is 0 Å². The molecule has 1 aliphatic rings. The highest BCUT2D eigenvalue weighted by atomic mass is 32.1. The van der Waals surface area contributed by atoms with E-state index in [0.717, 1.165) is 28.2 Å². The number of carbonyl (C=O) groups excluding carboxylic acids is 4. The maximum absolute atomic E-state index is 12.5. The van der Waals surface area contributed by atoms with Gasteiger partial charge in [0, 0.05) is 5.69 Å². The first-order chi connectivity index (χ1) is 15.3. The van der Waals surface area contributed by atoms with Crippen LogP contribution >= 0.6 is 11.3 Å². The van der Waals surface area contributed by atoms with Crippen molar-refractivity contribution in [2.75, 3.05) is 11.9 Å². The van der Waals surface area contributed by atoms with Crippen LogP contribution in [0.1, 0.15) is 54.0 Å². The van der Waals surface area contributed by atoms with Gasteiger partial charge in [-0.1, -0.05) is 44.2 Å². The van der Waals surface area contributed by atoms with Crippen molar-refractivity contribution in [2.24, 2.45) is 0 Å². The van der Waals surface area contributed by atoms with Crippen molar-refractivity contribution in [2.45, 2.75) is 52.2 Å². The third kappa shape index (κ3) is 4.93. The molecule has 1 saturated heterocycles. The molecule has 0 aliphatic carbocycles. The van der Waals surface area contributed by atoms with E-state index in [4.69, 9.17) is 4.74 Å². The molecule has 0 spiro atoms. The molecular weight excluding hydrogens is 434 g/mol. The van der Waals surface area contributed by atoms with Gasteiger partial charge in [-0.3, -0.25) is 19.3 Å². The minimum atomic E-state index is -0.976. The quantitative estimate of drug-likeness (QED) is 0.435. The molecule has 3 rings (SSSR count). The van der Waals surface area contributed by atoms with Gasteiger partial charge >= 0.3 is 12.0 Å². The molecule has 1 aliphatic heterocycles. The molecule has 32 heavy (non-hydrogen) atoms. The van der Waals surface area contributed by atoms with Gasteiger partial charge in [-0.25, -0.2) is 4.79 Å². The maximum atomic E-state index is 12.5. The van der Waals surface area contributed by atoms with E-state index in [9.17, 15) is 19.2 Å². The summed E-state index contributed by atoms with van der Waals surface area (Å²) in [5.74, 6) is -1.61. The van der Waals surface area contributed by atoms with Crippen LogP contribution in [0.4, 0.5) is 10.5 Å². The molecule has 0 atom stereocenters. The number of nitrogens with zero attached hydrogens (tertiary/aromatic N) is 3. The van der Waals surface area contributed by atoms with Gasteiger partial charge in [0.15, 0.2) is 5.01 Å². The smallest absolute Gasteiger partial charge is 0.326 e. The molecule has 1 aromatic carbocycles. The number of carbonyl (C=O) groups is 4. The Kier molecular flexibility index (Phi) is 7.18. The van der Waals surface area contributed by atoms with Gasteiger partial charge in [-0.15, -0.1) is 10.2 Å². The number of hydrogen-bond donors (Lipinski definition) is 2. The van der Waals surface area contributed by atoms with Crippen LogP contribution in [0.3, 0.4) is 0 Å². The Labute approximate surface area is 189 Å². The van der Waals surface area contributed by atoms with Crippen LogP contribution in [0.15, 0.2) is 24.3 Å². The fraction of sp³-hybridized carbons (Fsp3) is 0.429. The van der Waals surface area contributed by atoms with Crippen molar-refractivity contribution in [3.05, 3.63) is 39.8 Å². The van der Waals surface area contributed by atoms with Crippen LogP contribution in [0, 0.1) is 0 Å². The largest absolute Gasteiger partial charge is 0.457 e. The summed E-state index contributed by atoms with van der Waals surface area (Å²) in [6.07, 6.45) is 1.76. The monoisotopic (exact) mass is 459 g/mol. The van der Waals surface area contributed by atoms with Gasteiger partial charge < -0.3 is 15.4 Å². The maximum Gasteiger partial charge on any atom is 0.326 e. The normalized spacial score (nSPS) is 14.9. The minimum absolute atomic E-state index is 0.125. The molecule has 0 bridgehead atoms. The highest BCUT2D eigenvalue weighted by Gasteiger charge is 2.49. The number of ether oxygens (including phenoxy) is 1. The van der Waals surface area contributed by atoms with Gasteiger partial charge in [-0.05, 0) is 37.0 Å². The second-order valence-corrected chi connectivity index (χ2v) is 8.34. The Bertz CT molecular complexity index is 1020. The fourth-order valence-electron chi connectivity index (χ4n) is 3.28. The third-order valence-electron chi connectivity index (χ3n) is 5.38. The van der Waals surface area contributed by atoms with Crippen molar-refractivity contribution < 1.29 is 23.9 Å². The molecule has 11 heteroatoms. The highest BCUT2D eigenvalue weighted by molar-refractivity contribution is 7.13. The lowest BCUT2D eigenvalue weighted by Gasteiger charge is -2.22. The molecule has 170 valence electrons. The number of rotatable bonds is 9. The number of hydrogen-bond acceptors (Lipinski definition) is 8. The minimum Gasteiger partial charge on any atom is -0.457 e. The van der Waals surface area contributed by atoms with E-state index in [2.05, 4.69) is 20.8 Å².